The number of hydrogen-bond donors (Lipinski definition) is 0. The molecule has 0 N–H and O–H groups in total. The van der Waals surface area contributed by atoms with Gasteiger partial charge in [-0.3, -0.25) is 0 Å². The minimum Gasteiger partial charge on any atom is -0.497 e. The maximum atomic E-state index is 6.87. The van der Waals surface area contributed by atoms with Crippen molar-refractivity contribution in [2.75, 3.05) is 7.11 Å². The van der Waals surface area contributed by atoms with E-state index in [2.05, 4.69) is 504 Å². The fraction of sp³-hybridized carbons (Fsp3) is 0.357. The van der Waals surface area contributed by atoms with Crippen LogP contribution in [0.15, 0.2) is 218 Å². The second kappa shape index (κ2) is 41.3. The van der Waals surface area contributed by atoms with E-state index in [1.807, 2.05) is 55.5 Å². The maximum Gasteiger partial charge on any atom is 0.243 e. The maximum absolute atomic E-state index is 6.87. The van der Waals surface area contributed by atoms with Gasteiger partial charge in [-0.2, -0.15) is 0 Å². The predicted molar refractivity (Wildman–Crippen MR) is 668 cm³/mol. The third-order valence-corrected chi connectivity index (χ3v) is 31.4. The van der Waals surface area contributed by atoms with Crippen molar-refractivity contribution in [3.05, 3.63) is 379 Å². The van der Waals surface area contributed by atoms with E-state index in [0.717, 1.165) is 43.6 Å². The van der Waals surface area contributed by atoms with E-state index in [1.54, 1.807) is 7.11 Å². The predicted octanol–water partition coefficient (Wildman–Crippen LogP) is 29.3. The summed E-state index contributed by atoms with van der Waals surface area (Å²) in [6.07, 6.45) is 24.1. The van der Waals surface area contributed by atoms with Gasteiger partial charge in [0, 0.05) is 37.9 Å². The van der Waals surface area contributed by atoms with Crippen LogP contribution in [0.1, 0.15) is 399 Å². The minimum atomic E-state index is -0.162. The second-order valence-electron chi connectivity index (χ2n) is 55.6. The van der Waals surface area contributed by atoms with E-state index in [1.165, 1.54) is 188 Å². The van der Waals surface area contributed by atoms with Crippen molar-refractivity contribution in [2.45, 2.75) is 328 Å². The molecule has 13 aromatic rings. The molecule has 766 valence electrons. The van der Waals surface area contributed by atoms with Gasteiger partial charge in [0.15, 0.2) is 0 Å². The molecular weight excluding hydrogens is 1850 g/mol. The van der Waals surface area contributed by atoms with E-state index < -0.39 is 0 Å². The van der Waals surface area contributed by atoms with Crippen LogP contribution in [0.25, 0.3) is 48.6 Å². The molecule has 1 nitrogen and oxygen atoms in total. The number of halogens is 2. The lowest BCUT2D eigenvalue weighted by Crippen LogP contribution is -2.60. The van der Waals surface area contributed by atoms with Crippen molar-refractivity contribution >= 4 is 164 Å². The molecule has 0 bridgehead atoms. The fourth-order valence-electron chi connectivity index (χ4n) is 22.4. The average Bonchev–Trinajstić information content (AvgIpc) is 1.69. The number of rotatable bonds is 5. The highest BCUT2D eigenvalue weighted by molar-refractivity contribution is 7.00. The molecule has 4 aliphatic rings. The summed E-state index contributed by atoms with van der Waals surface area (Å²) in [5.74, 6) is 17.5. The van der Waals surface area contributed by atoms with Gasteiger partial charge in [-0.05, 0) is 287 Å². The Balaban J connectivity index is 0.000000211. The number of fused-ring (bicyclic) bond motifs is 8. The molecule has 0 fully saturated rings. The minimum absolute atomic E-state index is 0.00912. The molecule has 0 saturated heterocycles. The summed E-state index contributed by atoms with van der Waals surface area (Å²) < 4.78 is 5.46. The molecule has 0 saturated carbocycles. The molecule has 4 heterocycles. The van der Waals surface area contributed by atoms with E-state index in [9.17, 15) is 0 Å². The van der Waals surface area contributed by atoms with E-state index >= 15 is 0 Å². The van der Waals surface area contributed by atoms with Crippen molar-refractivity contribution in [3.8, 4) is 41.8 Å². The molecule has 0 unspecified atom stereocenters. The van der Waals surface area contributed by atoms with Crippen LogP contribution in [0.4, 0.5) is 0 Å². The van der Waals surface area contributed by atoms with Gasteiger partial charge in [0.1, 0.15) is 5.75 Å². The first kappa shape index (κ1) is 112. The molecule has 150 heavy (non-hydrogen) atoms. The number of benzene rings is 13. The van der Waals surface area contributed by atoms with E-state index in [4.69, 9.17) is 34.4 Å². The SMILES string of the molecule is C#Cc1ccc(C)cc1.CC(C)(C)c1cc(C(C)(C)C)c(B2c3ccc(Cl)cc3C=Cc3cc4c(cc32)C=Cc2cc(Cl)ccc2B4c2c(C(C)(C)C)cc(C(C)(C)C)cc2C(C)(C)C)c(C(C)(C)C)c1.COc1ccc(C#Cc2ccc3c(c2)C=Cc2cc4c(cc2B3c2c(C(C)(C)C)cc(C(C)(C)C)cc2C(C)(C)C)C=Cc2cc(C#Cc3ccc(C)cc3)ccc2B4c2c(C(C)(C)C)cc(C(C)(C)C)cc2C(C)(C)C)cc1. The van der Waals surface area contributed by atoms with E-state index in [0.29, 0.717) is 0 Å². The Bertz CT molecular complexity index is 7400. The molecule has 0 atom stereocenters. The molecule has 13 aromatic carbocycles. The normalized spacial score (nSPS) is 13.6. The van der Waals surface area contributed by atoms with Crippen LogP contribution in [-0.2, 0) is 65.0 Å². The third kappa shape index (κ3) is 24.3. The van der Waals surface area contributed by atoms with Crippen LogP contribution in [-0.4, -0.2) is 34.0 Å². The Morgan fingerprint density at radius 2 is 0.393 bits per heavy atom. The number of hydrogen-bond acceptors (Lipinski definition) is 1. The first-order valence-electron chi connectivity index (χ1n) is 54.5. The number of ether oxygens (including phenoxy) is 1. The molecule has 0 aromatic heterocycles. The Kier molecular flexibility index (Phi) is 30.9. The smallest absolute Gasteiger partial charge is 0.243 e. The van der Waals surface area contributed by atoms with Crippen molar-refractivity contribution in [3.63, 3.8) is 0 Å². The van der Waals surface area contributed by atoms with Gasteiger partial charge in [0.05, 0.1) is 7.11 Å². The lowest BCUT2D eigenvalue weighted by Gasteiger charge is -2.37. The van der Waals surface area contributed by atoms with Crippen LogP contribution in [0.3, 0.4) is 0 Å². The first-order valence-corrected chi connectivity index (χ1v) is 55.2. The first-order chi connectivity index (χ1) is 69.5. The second-order valence-corrected chi connectivity index (χ2v) is 56.4. The summed E-state index contributed by atoms with van der Waals surface area (Å²) in [4.78, 5) is 0. The monoisotopic (exact) mass is 2010 g/mol. The van der Waals surface area contributed by atoms with Crippen LogP contribution < -0.4 is 70.3 Å². The van der Waals surface area contributed by atoms with Crippen molar-refractivity contribution in [2.24, 2.45) is 0 Å². The highest BCUT2D eigenvalue weighted by Crippen LogP contribution is 2.43. The topological polar surface area (TPSA) is 9.23 Å². The Morgan fingerprint density at radius 3 is 0.600 bits per heavy atom. The quantitative estimate of drug-likeness (QED) is 0.123. The van der Waals surface area contributed by atoms with Gasteiger partial charge in [-0.1, -0.05) is 549 Å². The molecule has 0 amide bonds. The highest BCUT2D eigenvalue weighted by atomic mass is 35.5. The zero-order valence-electron chi connectivity index (χ0n) is 98.0. The molecule has 0 aliphatic carbocycles. The van der Waals surface area contributed by atoms with Crippen LogP contribution in [0.5, 0.6) is 5.75 Å². The molecule has 0 spiro atoms. The highest BCUT2D eigenvalue weighted by Gasteiger charge is 2.46. The number of aryl methyl sites for hydroxylation is 2. The third-order valence-electron chi connectivity index (χ3n) is 31.0. The van der Waals surface area contributed by atoms with Gasteiger partial charge in [0.25, 0.3) is 0 Å². The van der Waals surface area contributed by atoms with Crippen LogP contribution in [0, 0.1) is 49.9 Å². The average molecular weight is 2010 g/mol. The van der Waals surface area contributed by atoms with Gasteiger partial charge < -0.3 is 4.74 Å². The van der Waals surface area contributed by atoms with Gasteiger partial charge in [0.2, 0.25) is 26.9 Å². The van der Waals surface area contributed by atoms with E-state index in [-0.39, 0.29) is 91.8 Å². The van der Waals surface area contributed by atoms with Crippen molar-refractivity contribution in [1.29, 1.82) is 0 Å². The van der Waals surface area contributed by atoms with Crippen LogP contribution >= 0.6 is 23.2 Å². The van der Waals surface area contributed by atoms with Gasteiger partial charge in [-0.15, -0.1) is 6.42 Å². The largest absolute Gasteiger partial charge is 0.497 e. The zero-order chi connectivity index (χ0) is 110. The van der Waals surface area contributed by atoms with Gasteiger partial charge in [-0.25, -0.2) is 0 Å². The molecule has 0 radical (unpaired) electrons. The Hall–Kier alpha value is -11.9. The number of methoxy groups -OCH3 is 1. The lowest BCUT2D eigenvalue weighted by molar-refractivity contribution is 0.415. The Morgan fingerprint density at radius 1 is 0.207 bits per heavy atom. The van der Waals surface area contributed by atoms with Crippen molar-refractivity contribution in [1.82, 2.24) is 0 Å². The molecule has 7 heteroatoms. The summed E-state index contributed by atoms with van der Waals surface area (Å²) in [5, 5.41) is 1.51. The zero-order valence-corrected chi connectivity index (χ0v) is 99.5. The molecular formula is C143H162B4Cl2O. The van der Waals surface area contributed by atoms with Crippen LogP contribution in [0.2, 0.25) is 10.0 Å². The molecule has 4 aliphatic heterocycles. The number of terminal acetylenes is 1. The Labute approximate surface area is 917 Å². The molecule has 17 rings (SSSR count). The van der Waals surface area contributed by atoms with Gasteiger partial charge >= 0.3 is 0 Å². The fourth-order valence-corrected chi connectivity index (χ4v) is 22.7. The van der Waals surface area contributed by atoms with Crippen molar-refractivity contribution < 1.29 is 4.74 Å². The summed E-state index contributed by atoms with van der Waals surface area (Å²) in [7, 11) is 1.70. The summed E-state index contributed by atoms with van der Waals surface area (Å²) >= 11 is 13.7. The summed E-state index contributed by atoms with van der Waals surface area (Å²) in [6, 6.07) is 82.1. The standard InChI is InChI=1S/C76H84B2O.C58H70B2Cl2.C9H8/c1-49-21-23-50(24-22-49)25-27-52-31-39-65-54(41-52)33-35-56-43-68-57(44-67(56)77(65)69-61(73(8,9)10)45-58(71(2,3)4)46-62(69)74(11,12)13)36-34-55-42-53(28-26-51-29-37-60(79-20)38-30-51)32-40-66(55)78(68)70-63(75(14,15)16)47-59(72(5,6)7)48-64(70)76(17,18)19;1-53(2,3)39-31-43(55(7,8)9)51(44(32-39)56(10,11)12)59-47-25-23-41(61)27-35(47)19-21-37-30-50-38(29-49(37)59)22-20-36-28-42(62)24-26-48(36)60(50)52-45(57(13,14)15)33-40(54(4,5)6)34-46(52)58(16,17)18;1-3-9-6-4-8(2)5-7-9/h21-24,29-48H,1-20H3;19-34H,1-18H3;1,4-7H,2H3. The lowest BCUT2D eigenvalue weighted by atomic mass is 9.31. The summed E-state index contributed by atoms with van der Waals surface area (Å²) in [5.41, 5.74) is 48.7. The summed E-state index contributed by atoms with van der Waals surface area (Å²) in [6.45, 7) is 89.7.